The topological polar surface area (TPSA) is 138 Å². The molecule has 0 unspecified atom stereocenters. The first kappa shape index (κ1) is 38.2. The fourth-order valence-corrected chi connectivity index (χ4v) is 10.9. The molecule has 13 atom stereocenters. The van der Waals surface area contributed by atoms with Gasteiger partial charge in [-0.2, -0.15) is 0 Å². The second-order valence-electron chi connectivity index (χ2n) is 17.1. The van der Waals surface area contributed by atoms with Crippen LogP contribution in [0, 0.1) is 46.3 Å². The van der Waals surface area contributed by atoms with Gasteiger partial charge in [0.2, 0.25) is 5.91 Å². The minimum atomic E-state index is -1.53. The molecule has 1 amide bonds. The average molecular weight is 678 g/mol. The molecule has 5 N–H and O–H groups in total. The van der Waals surface area contributed by atoms with Crippen LogP contribution in [0.3, 0.4) is 0 Å². The number of nitrogens with one attached hydrogen (secondary N) is 1. The number of fused-ring (bicyclic) bond motifs is 5. The Morgan fingerprint density at radius 3 is 2.50 bits per heavy atom. The molecule has 9 heteroatoms. The zero-order valence-electron chi connectivity index (χ0n) is 30.4. The maximum absolute atomic E-state index is 12.2. The molecular weight excluding hydrogens is 610 g/mol. The standard InChI is InChI=1S/C39H67NO8/c1-24(2)9-8-10-25(3)29-13-14-30-28-12-11-26-21-27(15-17-38(26,4)31(28)16-18-39(29,30)5)46-20-7-6-19-40-33(42)23-47-37-36(45)35(44)34(43)32(22-41)48-37/h11,24-25,27-32,34-37,41,43-45H,6-10,12-23H2,1-5H3,(H,40,42)/t25-,27+,28+,29-,30+,31+,32-,34-,35+,36-,37+,38+,39-/m1/s1. The van der Waals surface area contributed by atoms with Crippen molar-refractivity contribution in [1.29, 1.82) is 0 Å². The van der Waals surface area contributed by atoms with Crippen LogP contribution in [0.4, 0.5) is 0 Å². The van der Waals surface area contributed by atoms with E-state index in [0.29, 0.717) is 24.0 Å². The van der Waals surface area contributed by atoms with E-state index in [1.165, 1.54) is 57.8 Å². The molecule has 276 valence electrons. The maximum atomic E-state index is 12.2. The fraction of sp³-hybridized carbons (Fsp3) is 0.923. The number of carbonyl (C=O) groups excluding carboxylic acids is 1. The molecule has 0 aromatic carbocycles. The highest BCUT2D eigenvalue weighted by Crippen LogP contribution is 2.67. The SMILES string of the molecule is CC(C)CCC[C@@H](C)[C@H]1CC[C@H]2[C@@H]3CC=C4C[C@@H](OCCCCNC(=O)CO[C@H]5O[C@H](CO)[C@@H](O)[C@H](O)[C@H]5O)CC[C@]4(C)[C@H]3CC[C@]12C. The predicted octanol–water partition coefficient (Wildman–Crippen LogP) is 5.13. The number of hydrogen-bond acceptors (Lipinski definition) is 8. The molecule has 1 heterocycles. The number of carbonyl (C=O) groups is 1. The first-order valence-corrected chi connectivity index (χ1v) is 19.4. The molecule has 3 saturated carbocycles. The lowest BCUT2D eigenvalue weighted by Gasteiger charge is -2.58. The van der Waals surface area contributed by atoms with Crippen molar-refractivity contribution in [1.82, 2.24) is 5.32 Å². The fourth-order valence-electron chi connectivity index (χ4n) is 10.9. The van der Waals surface area contributed by atoms with Gasteiger partial charge in [-0.05, 0) is 111 Å². The quantitative estimate of drug-likeness (QED) is 0.119. The van der Waals surface area contributed by atoms with Gasteiger partial charge >= 0.3 is 0 Å². The third kappa shape index (κ3) is 8.18. The number of unbranched alkanes of at least 4 members (excludes halogenated alkanes) is 1. The van der Waals surface area contributed by atoms with Crippen LogP contribution in [0.2, 0.25) is 0 Å². The van der Waals surface area contributed by atoms with Crippen LogP contribution in [0.1, 0.15) is 118 Å². The van der Waals surface area contributed by atoms with Gasteiger partial charge in [-0.1, -0.05) is 65.5 Å². The van der Waals surface area contributed by atoms with E-state index < -0.39 is 37.3 Å². The Hall–Kier alpha value is -1.07. The van der Waals surface area contributed by atoms with E-state index in [-0.39, 0.29) is 18.6 Å². The minimum Gasteiger partial charge on any atom is -0.394 e. The van der Waals surface area contributed by atoms with Gasteiger partial charge in [0.25, 0.3) is 0 Å². The van der Waals surface area contributed by atoms with Gasteiger partial charge in [-0.25, -0.2) is 0 Å². The molecule has 4 aliphatic carbocycles. The summed E-state index contributed by atoms with van der Waals surface area (Å²) < 4.78 is 17.0. The van der Waals surface area contributed by atoms with E-state index in [0.717, 1.165) is 61.2 Å². The van der Waals surface area contributed by atoms with Crippen molar-refractivity contribution < 1.29 is 39.4 Å². The highest BCUT2D eigenvalue weighted by molar-refractivity contribution is 5.77. The highest BCUT2D eigenvalue weighted by atomic mass is 16.7. The van der Waals surface area contributed by atoms with Crippen molar-refractivity contribution in [3.05, 3.63) is 11.6 Å². The normalized spacial score (nSPS) is 41.7. The molecule has 4 fully saturated rings. The molecule has 9 nitrogen and oxygen atoms in total. The highest BCUT2D eigenvalue weighted by Gasteiger charge is 2.59. The third-order valence-electron chi connectivity index (χ3n) is 13.7. The maximum Gasteiger partial charge on any atom is 0.246 e. The van der Waals surface area contributed by atoms with Crippen molar-refractivity contribution in [3.8, 4) is 0 Å². The van der Waals surface area contributed by atoms with Crippen molar-refractivity contribution >= 4 is 5.91 Å². The molecule has 0 aromatic heterocycles. The van der Waals surface area contributed by atoms with E-state index in [1.54, 1.807) is 5.57 Å². The lowest BCUT2D eigenvalue weighted by atomic mass is 9.47. The Labute approximate surface area is 289 Å². The first-order valence-electron chi connectivity index (χ1n) is 19.4. The summed E-state index contributed by atoms with van der Waals surface area (Å²) in [6.07, 6.45) is 12.2. The lowest BCUT2D eigenvalue weighted by Crippen LogP contribution is -2.59. The van der Waals surface area contributed by atoms with Gasteiger partial charge in [0.1, 0.15) is 31.0 Å². The molecule has 5 aliphatic rings. The molecule has 5 rings (SSSR count). The number of ether oxygens (including phenoxy) is 3. The summed E-state index contributed by atoms with van der Waals surface area (Å²) >= 11 is 0. The van der Waals surface area contributed by atoms with Crippen LogP contribution in [-0.2, 0) is 19.0 Å². The van der Waals surface area contributed by atoms with Crippen LogP contribution >= 0.6 is 0 Å². The van der Waals surface area contributed by atoms with Crippen LogP contribution in [0.5, 0.6) is 0 Å². The number of rotatable bonds is 15. The van der Waals surface area contributed by atoms with Gasteiger partial charge in [-0.3, -0.25) is 4.79 Å². The second kappa shape index (κ2) is 16.5. The summed E-state index contributed by atoms with van der Waals surface area (Å²) in [6, 6.07) is 0. The average Bonchev–Trinajstić information content (AvgIpc) is 3.42. The van der Waals surface area contributed by atoms with E-state index in [9.17, 15) is 25.2 Å². The monoisotopic (exact) mass is 677 g/mol. The van der Waals surface area contributed by atoms with Gasteiger partial charge in [0.15, 0.2) is 6.29 Å². The summed E-state index contributed by atoms with van der Waals surface area (Å²) in [5, 5.41) is 41.9. The minimum absolute atomic E-state index is 0.277. The van der Waals surface area contributed by atoms with Gasteiger partial charge < -0.3 is 40.0 Å². The van der Waals surface area contributed by atoms with E-state index >= 15 is 0 Å². The molecule has 0 radical (unpaired) electrons. The molecule has 1 saturated heterocycles. The van der Waals surface area contributed by atoms with E-state index in [1.807, 2.05) is 0 Å². The molecule has 0 bridgehead atoms. The number of aliphatic hydroxyl groups excluding tert-OH is 4. The van der Waals surface area contributed by atoms with Crippen LogP contribution in [0.25, 0.3) is 0 Å². The Balaban J connectivity index is 1.01. The first-order chi connectivity index (χ1) is 22.9. The summed E-state index contributed by atoms with van der Waals surface area (Å²) in [7, 11) is 0. The predicted molar refractivity (Wildman–Crippen MR) is 185 cm³/mol. The van der Waals surface area contributed by atoms with Crippen molar-refractivity contribution in [2.45, 2.75) is 155 Å². The van der Waals surface area contributed by atoms with E-state index in [4.69, 9.17) is 14.2 Å². The Bertz CT molecular complexity index is 1080. The summed E-state index contributed by atoms with van der Waals surface area (Å²) in [4.78, 5) is 12.2. The van der Waals surface area contributed by atoms with Crippen LogP contribution < -0.4 is 5.32 Å². The Kier molecular flexibility index (Phi) is 13.1. The Morgan fingerprint density at radius 2 is 1.75 bits per heavy atom. The van der Waals surface area contributed by atoms with Crippen LogP contribution in [-0.4, -0.2) is 89.5 Å². The number of hydrogen-bond donors (Lipinski definition) is 5. The molecule has 48 heavy (non-hydrogen) atoms. The molecule has 0 aromatic rings. The van der Waals surface area contributed by atoms with Crippen LogP contribution in [0.15, 0.2) is 11.6 Å². The summed E-state index contributed by atoms with van der Waals surface area (Å²) in [5.41, 5.74) is 2.51. The molecule has 1 aliphatic heterocycles. The van der Waals surface area contributed by atoms with E-state index in [2.05, 4.69) is 46.0 Å². The number of amides is 1. The molecule has 0 spiro atoms. The number of aliphatic hydroxyl groups is 4. The third-order valence-corrected chi connectivity index (χ3v) is 13.7. The van der Waals surface area contributed by atoms with Gasteiger partial charge in [0, 0.05) is 13.2 Å². The zero-order valence-corrected chi connectivity index (χ0v) is 30.4. The Morgan fingerprint density at radius 1 is 0.958 bits per heavy atom. The smallest absolute Gasteiger partial charge is 0.246 e. The van der Waals surface area contributed by atoms with Gasteiger partial charge in [-0.15, -0.1) is 0 Å². The largest absolute Gasteiger partial charge is 0.394 e. The zero-order chi connectivity index (χ0) is 34.6. The summed E-state index contributed by atoms with van der Waals surface area (Å²) in [6.45, 7) is 12.8. The van der Waals surface area contributed by atoms with Crippen molar-refractivity contribution in [2.24, 2.45) is 46.3 Å². The second-order valence-corrected chi connectivity index (χ2v) is 17.1. The number of allylic oxidation sites excluding steroid dienone is 1. The van der Waals surface area contributed by atoms with Crippen molar-refractivity contribution in [2.75, 3.05) is 26.4 Å². The van der Waals surface area contributed by atoms with Crippen molar-refractivity contribution in [3.63, 3.8) is 0 Å². The molecular formula is C39H67NO8. The lowest BCUT2D eigenvalue weighted by molar-refractivity contribution is -0.299. The summed E-state index contributed by atoms with van der Waals surface area (Å²) in [5.74, 6) is 4.75. The van der Waals surface area contributed by atoms with Gasteiger partial charge in [0.05, 0.1) is 12.7 Å².